The van der Waals surface area contributed by atoms with Crippen molar-refractivity contribution in [1.82, 2.24) is 9.80 Å². The van der Waals surface area contributed by atoms with Crippen molar-refractivity contribution in [2.24, 2.45) is 11.1 Å². The third kappa shape index (κ3) is 2.70. The van der Waals surface area contributed by atoms with Crippen molar-refractivity contribution >= 4 is 0 Å². The highest BCUT2D eigenvalue weighted by molar-refractivity contribution is 4.99. The minimum atomic E-state index is 0.392. The molecule has 3 rings (SSSR count). The zero-order chi connectivity index (χ0) is 13.6. The predicted molar refractivity (Wildman–Crippen MR) is 80.2 cm³/mol. The standard InChI is InChI=1S/C16H31N3/c1-12-10-18-8-4-5-13(18)11-19(12)15-9-16(2,3)7-6-14(15)17/h12-15H,4-11,17H2,1-3H3. The Kier molecular flexibility index (Phi) is 3.65. The zero-order valence-corrected chi connectivity index (χ0v) is 12.9. The van der Waals surface area contributed by atoms with Gasteiger partial charge in [0.25, 0.3) is 0 Å². The maximum absolute atomic E-state index is 6.48. The van der Waals surface area contributed by atoms with Gasteiger partial charge in [-0.05, 0) is 51.0 Å². The Labute approximate surface area is 118 Å². The molecule has 0 aromatic carbocycles. The van der Waals surface area contributed by atoms with E-state index in [0.717, 1.165) is 6.04 Å². The van der Waals surface area contributed by atoms with Crippen molar-refractivity contribution in [1.29, 1.82) is 0 Å². The van der Waals surface area contributed by atoms with Gasteiger partial charge in [-0.25, -0.2) is 0 Å². The molecule has 0 amide bonds. The van der Waals surface area contributed by atoms with E-state index in [-0.39, 0.29) is 0 Å². The van der Waals surface area contributed by atoms with Gasteiger partial charge in [0.05, 0.1) is 0 Å². The summed E-state index contributed by atoms with van der Waals surface area (Å²) >= 11 is 0. The van der Waals surface area contributed by atoms with Crippen LogP contribution in [0.4, 0.5) is 0 Å². The van der Waals surface area contributed by atoms with Crippen LogP contribution in [0.2, 0.25) is 0 Å². The van der Waals surface area contributed by atoms with Crippen LogP contribution in [0.25, 0.3) is 0 Å². The van der Waals surface area contributed by atoms with Crippen LogP contribution in [0.3, 0.4) is 0 Å². The van der Waals surface area contributed by atoms with Crippen LogP contribution in [0.5, 0.6) is 0 Å². The molecule has 0 bridgehead atoms. The molecule has 3 nitrogen and oxygen atoms in total. The van der Waals surface area contributed by atoms with E-state index in [2.05, 4.69) is 30.6 Å². The first-order valence-electron chi connectivity index (χ1n) is 8.22. The van der Waals surface area contributed by atoms with Gasteiger partial charge in [0.2, 0.25) is 0 Å². The fourth-order valence-corrected chi connectivity index (χ4v) is 4.60. The lowest BCUT2D eigenvalue weighted by Crippen LogP contribution is -2.63. The molecule has 110 valence electrons. The predicted octanol–water partition coefficient (Wildman–Crippen LogP) is 2.06. The zero-order valence-electron chi connectivity index (χ0n) is 12.9. The number of fused-ring (bicyclic) bond motifs is 1. The fraction of sp³-hybridized carbons (Fsp3) is 1.00. The number of nitrogens with zero attached hydrogens (tertiary/aromatic N) is 2. The summed E-state index contributed by atoms with van der Waals surface area (Å²) < 4.78 is 0. The second kappa shape index (κ2) is 5.01. The average Bonchev–Trinajstić information content (AvgIpc) is 2.78. The van der Waals surface area contributed by atoms with Crippen LogP contribution in [-0.4, -0.2) is 53.6 Å². The molecule has 3 fully saturated rings. The van der Waals surface area contributed by atoms with Gasteiger partial charge >= 0.3 is 0 Å². The highest BCUT2D eigenvalue weighted by atomic mass is 15.3. The van der Waals surface area contributed by atoms with E-state index in [0.29, 0.717) is 23.5 Å². The summed E-state index contributed by atoms with van der Waals surface area (Å²) in [5.41, 5.74) is 6.95. The van der Waals surface area contributed by atoms with Crippen LogP contribution in [0.15, 0.2) is 0 Å². The molecule has 3 heteroatoms. The lowest BCUT2D eigenvalue weighted by molar-refractivity contribution is -0.0106. The molecule has 2 aliphatic heterocycles. The van der Waals surface area contributed by atoms with Gasteiger partial charge in [-0.1, -0.05) is 13.8 Å². The topological polar surface area (TPSA) is 32.5 Å². The molecule has 3 aliphatic rings. The van der Waals surface area contributed by atoms with Gasteiger partial charge in [0.15, 0.2) is 0 Å². The Balaban J connectivity index is 1.72. The number of rotatable bonds is 1. The van der Waals surface area contributed by atoms with Gasteiger partial charge in [0.1, 0.15) is 0 Å². The summed E-state index contributed by atoms with van der Waals surface area (Å²) in [5.74, 6) is 0. The molecule has 0 spiro atoms. The Hall–Kier alpha value is -0.120. The van der Waals surface area contributed by atoms with Gasteiger partial charge < -0.3 is 5.73 Å². The first-order valence-corrected chi connectivity index (χ1v) is 8.22. The molecular weight excluding hydrogens is 234 g/mol. The smallest absolute Gasteiger partial charge is 0.0256 e. The van der Waals surface area contributed by atoms with E-state index < -0.39 is 0 Å². The first-order chi connectivity index (χ1) is 8.96. The maximum atomic E-state index is 6.48. The van der Waals surface area contributed by atoms with Crippen LogP contribution in [-0.2, 0) is 0 Å². The SMILES string of the molecule is CC1CN2CCCC2CN1C1CC(C)(C)CCC1N. The Morgan fingerprint density at radius 2 is 1.95 bits per heavy atom. The second-order valence-electron chi connectivity index (χ2n) is 7.98. The summed E-state index contributed by atoms with van der Waals surface area (Å²) in [6.45, 7) is 11.1. The highest BCUT2D eigenvalue weighted by Gasteiger charge is 2.42. The lowest BCUT2D eigenvalue weighted by atomic mass is 9.72. The van der Waals surface area contributed by atoms with Crippen LogP contribution in [0, 0.1) is 5.41 Å². The molecule has 19 heavy (non-hydrogen) atoms. The number of piperazine rings is 1. The van der Waals surface area contributed by atoms with E-state index in [1.54, 1.807) is 0 Å². The highest BCUT2D eigenvalue weighted by Crippen LogP contribution is 2.39. The summed E-state index contributed by atoms with van der Waals surface area (Å²) in [4.78, 5) is 5.47. The van der Waals surface area contributed by atoms with Crippen molar-refractivity contribution in [3.05, 3.63) is 0 Å². The monoisotopic (exact) mass is 265 g/mol. The largest absolute Gasteiger partial charge is 0.326 e. The molecule has 0 radical (unpaired) electrons. The van der Waals surface area contributed by atoms with E-state index in [4.69, 9.17) is 5.73 Å². The van der Waals surface area contributed by atoms with Crippen molar-refractivity contribution in [2.45, 2.75) is 77.0 Å². The molecule has 1 saturated carbocycles. The van der Waals surface area contributed by atoms with E-state index >= 15 is 0 Å². The van der Waals surface area contributed by atoms with E-state index in [1.807, 2.05) is 0 Å². The van der Waals surface area contributed by atoms with Crippen molar-refractivity contribution in [2.75, 3.05) is 19.6 Å². The summed E-state index contributed by atoms with van der Waals surface area (Å²) in [6.07, 6.45) is 6.57. The minimum absolute atomic E-state index is 0.392. The summed E-state index contributed by atoms with van der Waals surface area (Å²) in [7, 11) is 0. The molecule has 2 saturated heterocycles. The van der Waals surface area contributed by atoms with Gasteiger partial charge in [-0.3, -0.25) is 9.80 Å². The van der Waals surface area contributed by atoms with Crippen molar-refractivity contribution < 1.29 is 0 Å². The summed E-state index contributed by atoms with van der Waals surface area (Å²) in [6, 6.07) is 2.50. The molecule has 4 unspecified atom stereocenters. The Bertz CT molecular complexity index is 328. The van der Waals surface area contributed by atoms with Crippen LogP contribution >= 0.6 is 0 Å². The molecule has 0 aromatic rings. The first kappa shape index (κ1) is 13.8. The normalized spacial score (nSPS) is 44.2. The fourth-order valence-electron chi connectivity index (χ4n) is 4.60. The number of hydrogen-bond acceptors (Lipinski definition) is 3. The molecule has 4 atom stereocenters. The molecular formula is C16H31N3. The van der Waals surface area contributed by atoms with Gasteiger partial charge in [-0.15, -0.1) is 0 Å². The Morgan fingerprint density at radius 3 is 2.74 bits per heavy atom. The maximum Gasteiger partial charge on any atom is 0.0256 e. The van der Waals surface area contributed by atoms with Gasteiger partial charge in [0, 0.05) is 37.3 Å². The third-order valence-electron chi connectivity index (χ3n) is 5.82. The van der Waals surface area contributed by atoms with Gasteiger partial charge in [-0.2, -0.15) is 0 Å². The quantitative estimate of drug-likeness (QED) is 0.788. The lowest BCUT2D eigenvalue weighted by Gasteiger charge is -2.51. The summed E-state index contributed by atoms with van der Waals surface area (Å²) in [5, 5.41) is 0. The number of nitrogens with two attached hydrogens (primary N) is 1. The molecule has 2 heterocycles. The van der Waals surface area contributed by atoms with Crippen LogP contribution in [0.1, 0.15) is 52.9 Å². The third-order valence-corrected chi connectivity index (χ3v) is 5.82. The number of hydrogen-bond donors (Lipinski definition) is 1. The van der Waals surface area contributed by atoms with Crippen molar-refractivity contribution in [3.63, 3.8) is 0 Å². The van der Waals surface area contributed by atoms with E-state index in [1.165, 1.54) is 51.7 Å². The van der Waals surface area contributed by atoms with E-state index in [9.17, 15) is 0 Å². The minimum Gasteiger partial charge on any atom is -0.326 e. The molecule has 1 aliphatic carbocycles. The Morgan fingerprint density at radius 1 is 1.16 bits per heavy atom. The van der Waals surface area contributed by atoms with Crippen molar-refractivity contribution in [3.8, 4) is 0 Å². The molecule has 0 aromatic heterocycles. The molecule has 2 N–H and O–H groups in total. The average molecular weight is 265 g/mol. The van der Waals surface area contributed by atoms with Crippen LogP contribution < -0.4 is 5.73 Å². The second-order valence-corrected chi connectivity index (χ2v) is 7.98.